The van der Waals surface area contributed by atoms with Gasteiger partial charge in [0.1, 0.15) is 5.69 Å². The third kappa shape index (κ3) is 3.79. The van der Waals surface area contributed by atoms with Crippen LogP contribution < -0.4 is 5.32 Å². The minimum Gasteiger partial charge on any atom is -0.347 e. The van der Waals surface area contributed by atoms with Crippen LogP contribution in [0.3, 0.4) is 0 Å². The number of nitrogens with one attached hydrogen (secondary N) is 2. The molecule has 28 heavy (non-hydrogen) atoms. The molecular formula is C21H19N5OS. The van der Waals surface area contributed by atoms with Gasteiger partial charge in [-0.05, 0) is 41.5 Å². The fraction of sp³-hybridized carbons (Fsp3) is 0.0952. The third-order valence-electron chi connectivity index (χ3n) is 4.47. The summed E-state index contributed by atoms with van der Waals surface area (Å²) < 4.78 is 4.08. The van der Waals surface area contributed by atoms with Gasteiger partial charge in [0.2, 0.25) is 0 Å². The third-order valence-corrected chi connectivity index (χ3v) is 4.77. The first-order valence-corrected chi connectivity index (χ1v) is 9.31. The predicted octanol–water partition coefficient (Wildman–Crippen LogP) is 3.71. The van der Waals surface area contributed by atoms with E-state index in [2.05, 4.69) is 15.4 Å². The van der Waals surface area contributed by atoms with Crippen LogP contribution in [0, 0.1) is 4.77 Å². The van der Waals surface area contributed by atoms with Gasteiger partial charge in [0.15, 0.2) is 4.77 Å². The summed E-state index contributed by atoms with van der Waals surface area (Å²) in [4.78, 5) is 15.8. The average molecular weight is 389 g/mol. The number of nitrogens with zero attached hydrogens (tertiary/aromatic N) is 3. The average Bonchev–Trinajstić information content (AvgIpc) is 3.37. The molecule has 0 bridgehead atoms. The van der Waals surface area contributed by atoms with Gasteiger partial charge in [-0.1, -0.05) is 42.5 Å². The highest BCUT2D eigenvalue weighted by atomic mass is 32.1. The first-order valence-electron chi connectivity index (χ1n) is 8.90. The van der Waals surface area contributed by atoms with Gasteiger partial charge < -0.3 is 10.3 Å². The second kappa shape index (κ2) is 8.06. The summed E-state index contributed by atoms with van der Waals surface area (Å²) in [6.45, 7) is 1.08. The number of aromatic nitrogens is 4. The van der Waals surface area contributed by atoms with Crippen LogP contribution in [0.1, 0.15) is 21.6 Å². The lowest BCUT2D eigenvalue weighted by Gasteiger charge is -2.12. The highest BCUT2D eigenvalue weighted by Gasteiger charge is 2.14. The van der Waals surface area contributed by atoms with E-state index in [1.54, 1.807) is 17.0 Å². The largest absolute Gasteiger partial charge is 0.347 e. The molecule has 0 saturated carbocycles. The molecule has 2 heterocycles. The van der Waals surface area contributed by atoms with Crippen molar-refractivity contribution in [3.8, 4) is 5.69 Å². The highest BCUT2D eigenvalue weighted by Crippen LogP contribution is 2.14. The van der Waals surface area contributed by atoms with Crippen molar-refractivity contribution in [2.75, 3.05) is 0 Å². The molecule has 0 aliphatic rings. The molecule has 0 aliphatic heterocycles. The fourth-order valence-electron chi connectivity index (χ4n) is 3.09. The minimum atomic E-state index is -0.190. The summed E-state index contributed by atoms with van der Waals surface area (Å²) in [5.74, 6) is -0.190. The zero-order valence-corrected chi connectivity index (χ0v) is 15.9. The Morgan fingerprint density at radius 2 is 1.79 bits per heavy atom. The summed E-state index contributed by atoms with van der Waals surface area (Å²) in [7, 11) is 0. The van der Waals surface area contributed by atoms with Crippen molar-refractivity contribution < 1.29 is 4.79 Å². The van der Waals surface area contributed by atoms with E-state index in [0.29, 0.717) is 23.6 Å². The number of H-pyrrole nitrogens is 1. The van der Waals surface area contributed by atoms with Crippen molar-refractivity contribution in [1.82, 2.24) is 24.6 Å². The second-order valence-corrected chi connectivity index (χ2v) is 6.69. The molecule has 0 radical (unpaired) electrons. The molecule has 0 aliphatic carbocycles. The Hall–Kier alpha value is -3.45. The Kier molecular flexibility index (Phi) is 5.16. The Morgan fingerprint density at radius 1 is 1.04 bits per heavy atom. The maximum absolute atomic E-state index is 12.8. The zero-order chi connectivity index (χ0) is 19.3. The SMILES string of the molecule is O=C(NCc1ccccc1Cn1cccn1)c1c[nH]c(=S)n1-c1ccccc1. The van der Waals surface area contributed by atoms with Gasteiger partial charge >= 0.3 is 0 Å². The van der Waals surface area contributed by atoms with E-state index >= 15 is 0 Å². The van der Waals surface area contributed by atoms with Gasteiger partial charge in [0.05, 0.1) is 6.54 Å². The maximum atomic E-state index is 12.8. The zero-order valence-electron chi connectivity index (χ0n) is 15.1. The molecule has 6 nitrogen and oxygen atoms in total. The Morgan fingerprint density at radius 3 is 2.54 bits per heavy atom. The molecule has 0 unspecified atom stereocenters. The van der Waals surface area contributed by atoms with Crippen LogP contribution in [0.25, 0.3) is 5.69 Å². The van der Waals surface area contributed by atoms with Crippen LogP contribution in [0.15, 0.2) is 79.3 Å². The van der Waals surface area contributed by atoms with Gasteiger partial charge in [-0.25, -0.2) is 0 Å². The molecule has 0 saturated heterocycles. The van der Waals surface area contributed by atoms with Gasteiger partial charge in [-0.3, -0.25) is 14.0 Å². The Labute approximate surface area is 167 Å². The number of rotatable bonds is 6. The smallest absolute Gasteiger partial charge is 0.270 e. The highest BCUT2D eigenvalue weighted by molar-refractivity contribution is 7.71. The summed E-state index contributed by atoms with van der Waals surface area (Å²) >= 11 is 5.35. The number of hydrogen-bond donors (Lipinski definition) is 2. The number of benzene rings is 2. The summed E-state index contributed by atoms with van der Waals surface area (Å²) in [5.41, 5.74) is 3.48. The molecule has 2 aromatic heterocycles. The van der Waals surface area contributed by atoms with Crippen LogP contribution >= 0.6 is 12.2 Å². The van der Waals surface area contributed by atoms with Crippen molar-refractivity contribution in [3.63, 3.8) is 0 Å². The quantitative estimate of drug-likeness (QED) is 0.494. The Bertz CT molecular complexity index is 1130. The van der Waals surface area contributed by atoms with E-state index in [0.717, 1.165) is 16.8 Å². The minimum absolute atomic E-state index is 0.190. The van der Waals surface area contributed by atoms with Gasteiger partial charge in [0.25, 0.3) is 5.91 Å². The number of hydrogen-bond acceptors (Lipinski definition) is 3. The van der Waals surface area contributed by atoms with Crippen LogP contribution in [0.5, 0.6) is 0 Å². The normalized spacial score (nSPS) is 10.7. The molecule has 7 heteroatoms. The molecule has 0 atom stereocenters. The van der Waals surface area contributed by atoms with E-state index in [1.165, 1.54) is 0 Å². The topological polar surface area (TPSA) is 67.6 Å². The number of para-hydroxylation sites is 1. The standard InChI is InChI=1S/C21H19N5OS/c27-20(19-14-23-21(28)26(19)18-9-2-1-3-10-18)22-13-16-7-4-5-8-17(16)15-25-12-6-11-24-25/h1-12,14H,13,15H2,(H,22,27)(H,23,28). The number of carbonyl (C=O) groups excluding carboxylic acids is 1. The van der Waals surface area contributed by atoms with E-state index in [4.69, 9.17) is 12.2 Å². The first-order chi connectivity index (χ1) is 13.7. The van der Waals surface area contributed by atoms with Gasteiger partial charge in [-0.15, -0.1) is 0 Å². The lowest BCUT2D eigenvalue weighted by molar-refractivity contribution is 0.0944. The van der Waals surface area contributed by atoms with Crippen LogP contribution in [-0.2, 0) is 13.1 Å². The predicted molar refractivity (Wildman–Crippen MR) is 110 cm³/mol. The van der Waals surface area contributed by atoms with Crippen molar-refractivity contribution in [2.24, 2.45) is 0 Å². The van der Waals surface area contributed by atoms with E-state index < -0.39 is 0 Å². The van der Waals surface area contributed by atoms with Crippen LogP contribution in [0.2, 0.25) is 0 Å². The van der Waals surface area contributed by atoms with Gasteiger partial charge in [0, 0.05) is 30.8 Å². The van der Waals surface area contributed by atoms with Crippen molar-refractivity contribution in [1.29, 1.82) is 0 Å². The number of imidazole rings is 1. The summed E-state index contributed by atoms with van der Waals surface area (Å²) in [6, 6.07) is 19.5. The molecule has 1 amide bonds. The first kappa shape index (κ1) is 17.9. The van der Waals surface area contributed by atoms with E-state index in [1.807, 2.05) is 71.5 Å². The van der Waals surface area contributed by atoms with Crippen molar-refractivity contribution in [2.45, 2.75) is 13.1 Å². The second-order valence-electron chi connectivity index (χ2n) is 6.31. The van der Waals surface area contributed by atoms with E-state index in [-0.39, 0.29) is 5.91 Å². The van der Waals surface area contributed by atoms with Crippen LogP contribution in [-0.4, -0.2) is 25.2 Å². The molecular weight excluding hydrogens is 370 g/mol. The molecule has 2 aromatic carbocycles. The van der Waals surface area contributed by atoms with Crippen molar-refractivity contribution in [3.05, 3.63) is 101 Å². The van der Waals surface area contributed by atoms with Crippen molar-refractivity contribution >= 4 is 18.1 Å². The van der Waals surface area contributed by atoms with E-state index in [9.17, 15) is 4.79 Å². The molecule has 4 aromatic rings. The number of carbonyl (C=O) groups is 1. The molecule has 140 valence electrons. The maximum Gasteiger partial charge on any atom is 0.270 e. The van der Waals surface area contributed by atoms with Gasteiger partial charge in [-0.2, -0.15) is 5.10 Å². The molecule has 0 spiro atoms. The molecule has 4 rings (SSSR count). The monoisotopic (exact) mass is 389 g/mol. The summed E-state index contributed by atoms with van der Waals surface area (Å²) in [5, 5.41) is 7.26. The number of aromatic amines is 1. The lowest BCUT2D eigenvalue weighted by Crippen LogP contribution is -2.25. The summed E-state index contributed by atoms with van der Waals surface area (Å²) in [6.07, 6.45) is 5.31. The lowest BCUT2D eigenvalue weighted by atomic mass is 10.1. The Balaban J connectivity index is 1.53. The fourth-order valence-corrected chi connectivity index (χ4v) is 3.35. The molecule has 2 N–H and O–H groups in total. The molecule has 0 fully saturated rings. The number of amides is 1. The van der Waals surface area contributed by atoms with Crippen LogP contribution in [0.4, 0.5) is 0 Å².